The second-order valence-electron chi connectivity index (χ2n) is 10.1. The standard InChI is InChI=1S/C21H37N3O3/c1-22-14-20(15-22)2-6-27-19(10-20)13-24-16-21(17-24)3-7-26-18(11-21)12-23-4-8-25-9-5-23/h18-19H,2-17H2,1H3. The summed E-state index contributed by atoms with van der Waals surface area (Å²) >= 11 is 0. The largest absolute Gasteiger partial charge is 0.379 e. The van der Waals surface area contributed by atoms with Crippen molar-refractivity contribution in [3.63, 3.8) is 0 Å². The fourth-order valence-corrected chi connectivity index (χ4v) is 6.47. The van der Waals surface area contributed by atoms with E-state index in [9.17, 15) is 0 Å². The van der Waals surface area contributed by atoms with Crippen LogP contribution in [-0.2, 0) is 14.2 Å². The minimum Gasteiger partial charge on any atom is -0.379 e. The van der Waals surface area contributed by atoms with Gasteiger partial charge in [-0.25, -0.2) is 0 Å². The van der Waals surface area contributed by atoms with E-state index < -0.39 is 0 Å². The summed E-state index contributed by atoms with van der Waals surface area (Å²) < 4.78 is 17.7. The maximum atomic E-state index is 6.14. The molecular weight excluding hydrogens is 342 g/mol. The summed E-state index contributed by atoms with van der Waals surface area (Å²) in [5, 5.41) is 0. The van der Waals surface area contributed by atoms with E-state index in [-0.39, 0.29) is 0 Å². The lowest BCUT2D eigenvalue weighted by Crippen LogP contribution is -2.63. The molecule has 0 aromatic carbocycles. The number of ether oxygens (including phenoxy) is 3. The fourth-order valence-electron chi connectivity index (χ4n) is 6.47. The maximum absolute atomic E-state index is 6.14. The first kappa shape index (κ1) is 18.8. The molecule has 0 aliphatic carbocycles. The number of nitrogens with zero attached hydrogens (tertiary/aromatic N) is 3. The molecule has 0 saturated carbocycles. The Bertz CT molecular complexity index is 507. The summed E-state index contributed by atoms with van der Waals surface area (Å²) in [4.78, 5) is 7.63. The third kappa shape index (κ3) is 4.07. The SMILES string of the molecule is CN1CC2(CCOC(CN3CC4(CCOC(CN5CCOCC5)C4)C3)C2)C1. The van der Waals surface area contributed by atoms with Crippen molar-refractivity contribution in [3.8, 4) is 0 Å². The first-order chi connectivity index (χ1) is 13.1. The Hall–Kier alpha value is -0.240. The van der Waals surface area contributed by atoms with Crippen molar-refractivity contribution in [2.45, 2.75) is 37.9 Å². The van der Waals surface area contributed by atoms with E-state index in [1.54, 1.807) is 0 Å². The summed E-state index contributed by atoms with van der Waals surface area (Å²) in [7, 11) is 2.24. The average Bonchev–Trinajstić information content (AvgIpc) is 2.61. The Balaban J connectivity index is 1.08. The third-order valence-electron chi connectivity index (χ3n) is 7.65. The van der Waals surface area contributed by atoms with Crippen LogP contribution in [0.5, 0.6) is 0 Å². The molecule has 5 heterocycles. The molecule has 2 atom stereocenters. The first-order valence-electron chi connectivity index (χ1n) is 11.1. The number of rotatable bonds is 4. The molecule has 0 radical (unpaired) electrons. The number of likely N-dealkylation sites (tertiary alicyclic amines) is 2. The zero-order valence-electron chi connectivity index (χ0n) is 17.0. The fraction of sp³-hybridized carbons (Fsp3) is 1.00. The van der Waals surface area contributed by atoms with E-state index in [2.05, 4.69) is 21.7 Å². The van der Waals surface area contributed by atoms with Crippen LogP contribution < -0.4 is 0 Å². The molecule has 6 heteroatoms. The first-order valence-corrected chi connectivity index (χ1v) is 11.1. The van der Waals surface area contributed by atoms with Gasteiger partial charge in [0.2, 0.25) is 0 Å². The van der Waals surface area contributed by atoms with Crippen LogP contribution in [0.4, 0.5) is 0 Å². The molecule has 0 aromatic heterocycles. The molecule has 5 aliphatic heterocycles. The van der Waals surface area contributed by atoms with E-state index in [0.29, 0.717) is 23.0 Å². The van der Waals surface area contributed by atoms with E-state index in [1.165, 1.54) is 51.9 Å². The monoisotopic (exact) mass is 379 g/mol. The molecule has 5 saturated heterocycles. The predicted octanol–water partition coefficient (Wildman–Crippen LogP) is 0.910. The van der Waals surface area contributed by atoms with E-state index in [1.807, 2.05) is 0 Å². The van der Waals surface area contributed by atoms with Crippen molar-refractivity contribution in [1.82, 2.24) is 14.7 Å². The lowest BCUT2D eigenvalue weighted by atomic mass is 9.70. The number of hydrogen-bond acceptors (Lipinski definition) is 6. The Labute approximate surface area is 164 Å². The third-order valence-corrected chi connectivity index (χ3v) is 7.65. The van der Waals surface area contributed by atoms with E-state index in [0.717, 1.165) is 52.6 Å². The van der Waals surface area contributed by atoms with Gasteiger partial charge in [0.15, 0.2) is 0 Å². The van der Waals surface area contributed by atoms with Crippen LogP contribution in [0.15, 0.2) is 0 Å². The van der Waals surface area contributed by atoms with Crippen molar-refractivity contribution in [2.24, 2.45) is 10.8 Å². The van der Waals surface area contributed by atoms with Gasteiger partial charge in [-0.2, -0.15) is 0 Å². The molecule has 0 aromatic rings. The van der Waals surface area contributed by atoms with Gasteiger partial charge >= 0.3 is 0 Å². The Morgan fingerprint density at radius 1 is 0.741 bits per heavy atom. The highest BCUT2D eigenvalue weighted by molar-refractivity contribution is 5.02. The molecular formula is C21H37N3O3. The van der Waals surface area contributed by atoms with E-state index in [4.69, 9.17) is 14.2 Å². The van der Waals surface area contributed by atoms with Crippen molar-refractivity contribution >= 4 is 0 Å². The van der Waals surface area contributed by atoms with Crippen LogP contribution in [0.25, 0.3) is 0 Å². The summed E-state index contributed by atoms with van der Waals surface area (Å²) in [5.41, 5.74) is 1.08. The Kier molecular flexibility index (Phi) is 5.24. The molecule has 5 aliphatic rings. The molecule has 5 fully saturated rings. The molecule has 27 heavy (non-hydrogen) atoms. The highest BCUT2D eigenvalue weighted by Gasteiger charge is 2.49. The van der Waals surface area contributed by atoms with Gasteiger partial charge in [-0.1, -0.05) is 0 Å². The Morgan fingerprint density at radius 2 is 1.30 bits per heavy atom. The predicted molar refractivity (Wildman–Crippen MR) is 104 cm³/mol. The van der Waals surface area contributed by atoms with Crippen molar-refractivity contribution in [3.05, 3.63) is 0 Å². The van der Waals surface area contributed by atoms with Crippen LogP contribution >= 0.6 is 0 Å². The van der Waals surface area contributed by atoms with Crippen LogP contribution in [0.1, 0.15) is 25.7 Å². The van der Waals surface area contributed by atoms with Gasteiger partial charge in [-0.15, -0.1) is 0 Å². The molecule has 0 bridgehead atoms. The zero-order valence-corrected chi connectivity index (χ0v) is 17.0. The average molecular weight is 380 g/mol. The smallest absolute Gasteiger partial charge is 0.0708 e. The van der Waals surface area contributed by atoms with Gasteiger partial charge in [0.25, 0.3) is 0 Å². The van der Waals surface area contributed by atoms with Crippen LogP contribution in [-0.4, -0.2) is 113 Å². The van der Waals surface area contributed by atoms with Gasteiger partial charge in [-0.3, -0.25) is 9.80 Å². The van der Waals surface area contributed by atoms with Gasteiger partial charge < -0.3 is 19.1 Å². The quantitative estimate of drug-likeness (QED) is 0.723. The topological polar surface area (TPSA) is 37.4 Å². The molecule has 154 valence electrons. The minimum absolute atomic E-state index is 0.415. The van der Waals surface area contributed by atoms with Crippen LogP contribution in [0, 0.1) is 10.8 Å². The molecule has 0 amide bonds. The summed E-state index contributed by atoms with van der Waals surface area (Å²) in [5.74, 6) is 0. The summed E-state index contributed by atoms with van der Waals surface area (Å²) in [6.07, 6.45) is 5.87. The molecule has 6 nitrogen and oxygen atoms in total. The van der Waals surface area contributed by atoms with Gasteiger partial charge in [0, 0.05) is 76.4 Å². The lowest BCUT2D eigenvalue weighted by Gasteiger charge is -2.57. The van der Waals surface area contributed by atoms with Crippen molar-refractivity contribution < 1.29 is 14.2 Å². The second kappa shape index (κ2) is 7.54. The molecule has 5 rings (SSSR count). The normalized spacial score (nSPS) is 37.2. The highest BCUT2D eigenvalue weighted by Crippen LogP contribution is 2.44. The van der Waals surface area contributed by atoms with E-state index >= 15 is 0 Å². The zero-order chi connectivity index (χ0) is 18.3. The lowest BCUT2D eigenvalue weighted by molar-refractivity contribution is -0.152. The molecule has 2 spiro atoms. The van der Waals surface area contributed by atoms with Crippen molar-refractivity contribution in [1.29, 1.82) is 0 Å². The van der Waals surface area contributed by atoms with Crippen molar-refractivity contribution in [2.75, 3.05) is 85.8 Å². The number of hydrogen-bond donors (Lipinski definition) is 0. The highest BCUT2D eigenvalue weighted by atomic mass is 16.5. The number of morpholine rings is 1. The van der Waals surface area contributed by atoms with Crippen LogP contribution in [0.2, 0.25) is 0 Å². The van der Waals surface area contributed by atoms with Gasteiger partial charge in [0.05, 0.1) is 25.4 Å². The van der Waals surface area contributed by atoms with Crippen LogP contribution in [0.3, 0.4) is 0 Å². The second-order valence-corrected chi connectivity index (χ2v) is 10.1. The summed E-state index contributed by atoms with van der Waals surface area (Å²) in [6, 6.07) is 0. The molecule has 0 N–H and O–H groups in total. The minimum atomic E-state index is 0.415. The Morgan fingerprint density at radius 3 is 1.89 bits per heavy atom. The van der Waals surface area contributed by atoms with Gasteiger partial charge in [-0.05, 0) is 32.7 Å². The summed E-state index contributed by atoms with van der Waals surface area (Å²) in [6.45, 7) is 13.1. The maximum Gasteiger partial charge on any atom is 0.0708 e. The molecule has 2 unspecified atom stereocenters. The van der Waals surface area contributed by atoms with Gasteiger partial charge in [0.1, 0.15) is 0 Å².